The average Bonchev–Trinajstić information content (AvgIpc) is 2.48. The Morgan fingerprint density at radius 2 is 1.91 bits per heavy atom. The zero-order valence-corrected chi connectivity index (χ0v) is 14.0. The summed E-state index contributed by atoms with van der Waals surface area (Å²) in [6, 6.07) is 12.5. The van der Waals surface area contributed by atoms with Crippen LogP contribution in [-0.4, -0.2) is 15.5 Å². The van der Waals surface area contributed by atoms with Gasteiger partial charge in [0.2, 0.25) is 10.0 Å². The van der Waals surface area contributed by atoms with Gasteiger partial charge < -0.3 is 4.74 Å². The molecular weight excluding hydrogens is 322 g/mol. The molecule has 2 aromatic rings. The van der Waals surface area contributed by atoms with Gasteiger partial charge in [-0.2, -0.15) is 0 Å². The van der Waals surface area contributed by atoms with Gasteiger partial charge >= 0.3 is 0 Å². The first-order valence-corrected chi connectivity index (χ1v) is 8.78. The van der Waals surface area contributed by atoms with Crippen molar-refractivity contribution >= 4 is 21.6 Å². The first kappa shape index (κ1) is 16.8. The Morgan fingerprint density at radius 1 is 1.18 bits per heavy atom. The fraction of sp³-hybridized carbons (Fsp3) is 0.250. The summed E-state index contributed by atoms with van der Waals surface area (Å²) in [6.07, 6.45) is 0. The summed E-state index contributed by atoms with van der Waals surface area (Å²) in [5.74, 6) is 0.643. The van der Waals surface area contributed by atoms with Crippen LogP contribution in [0.2, 0.25) is 5.02 Å². The van der Waals surface area contributed by atoms with E-state index in [1.807, 2.05) is 25.1 Å². The summed E-state index contributed by atoms with van der Waals surface area (Å²) in [4.78, 5) is 0. The van der Waals surface area contributed by atoms with Crippen LogP contribution in [-0.2, 0) is 22.3 Å². The van der Waals surface area contributed by atoms with Crippen molar-refractivity contribution in [2.45, 2.75) is 19.2 Å². The predicted octanol–water partition coefficient (Wildman–Crippen LogP) is 3.28. The van der Waals surface area contributed by atoms with Crippen LogP contribution in [0.5, 0.6) is 5.75 Å². The molecule has 2 rings (SSSR count). The lowest BCUT2D eigenvalue weighted by Gasteiger charge is -2.10. The number of methoxy groups -OCH3 is 1. The maximum Gasteiger partial charge on any atom is 0.216 e. The summed E-state index contributed by atoms with van der Waals surface area (Å²) >= 11 is 6.00. The van der Waals surface area contributed by atoms with Crippen molar-refractivity contribution in [3.05, 3.63) is 64.2 Å². The minimum atomic E-state index is -3.45. The van der Waals surface area contributed by atoms with Gasteiger partial charge in [0.1, 0.15) is 5.75 Å². The molecule has 0 amide bonds. The third kappa shape index (κ3) is 4.47. The summed E-state index contributed by atoms with van der Waals surface area (Å²) < 4.78 is 32.1. The van der Waals surface area contributed by atoms with E-state index in [9.17, 15) is 8.42 Å². The van der Waals surface area contributed by atoms with E-state index in [1.165, 1.54) is 0 Å². The molecule has 0 saturated heterocycles. The molecule has 22 heavy (non-hydrogen) atoms. The van der Waals surface area contributed by atoms with Crippen LogP contribution in [0.3, 0.4) is 0 Å². The number of rotatable bonds is 6. The number of hydrogen-bond donors (Lipinski definition) is 1. The van der Waals surface area contributed by atoms with E-state index in [0.717, 1.165) is 16.9 Å². The molecule has 0 aliphatic rings. The monoisotopic (exact) mass is 339 g/mol. The zero-order chi connectivity index (χ0) is 16.2. The number of ether oxygens (including phenoxy) is 1. The number of halogens is 1. The molecule has 6 heteroatoms. The van der Waals surface area contributed by atoms with Gasteiger partial charge in [-0.05, 0) is 35.7 Å². The predicted molar refractivity (Wildman–Crippen MR) is 88.6 cm³/mol. The van der Waals surface area contributed by atoms with Gasteiger partial charge in [-0.25, -0.2) is 13.1 Å². The molecule has 0 fully saturated rings. The maximum atomic E-state index is 12.1. The Kier molecular flexibility index (Phi) is 5.45. The van der Waals surface area contributed by atoms with Crippen LogP contribution in [0, 0.1) is 6.92 Å². The molecule has 0 bridgehead atoms. The first-order chi connectivity index (χ1) is 10.4. The quantitative estimate of drug-likeness (QED) is 0.878. The lowest BCUT2D eigenvalue weighted by Crippen LogP contribution is -2.24. The minimum absolute atomic E-state index is 0.137. The van der Waals surface area contributed by atoms with Crippen LogP contribution in [0.1, 0.15) is 16.7 Å². The molecule has 0 aliphatic heterocycles. The molecule has 0 spiro atoms. The minimum Gasteiger partial charge on any atom is -0.496 e. The molecular formula is C16H18ClNO3S. The summed E-state index contributed by atoms with van der Waals surface area (Å²) in [5.41, 5.74) is 2.42. The summed E-state index contributed by atoms with van der Waals surface area (Å²) in [7, 11) is -1.84. The van der Waals surface area contributed by atoms with E-state index in [1.54, 1.807) is 31.4 Å². The van der Waals surface area contributed by atoms with E-state index in [4.69, 9.17) is 16.3 Å². The number of nitrogens with one attached hydrogen (secondary N) is 1. The van der Waals surface area contributed by atoms with Crippen molar-refractivity contribution < 1.29 is 13.2 Å². The molecule has 0 aromatic heterocycles. The SMILES string of the molecule is COc1ccc(CNS(=O)(=O)Cc2ccccc2Cl)cc1C. The third-order valence-electron chi connectivity index (χ3n) is 3.26. The summed E-state index contributed by atoms with van der Waals surface area (Å²) in [6.45, 7) is 2.15. The number of benzene rings is 2. The normalized spacial score (nSPS) is 11.4. The summed E-state index contributed by atoms with van der Waals surface area (Å²) in [5, 5.41) is 0.452. The molecule has 4 nitrogen and oxygen atoms in total. The Bertz CT molecular complexity index is 760. The van der Waals surface area contributed by atoms with E-state index in [2.05, 4.69) is 4.72 Å². The molecule has 0 atom stereocenters. The smallest absolute Gasteiger partial charge is 0.216 e. The standard InChI is InChI=1S/C16H18ClNO3S/c1-12-9-13(7-8-16(12)21-2)10-18-22(19,20)11-14-5-3-4-6-15(14)17/h3-9,18H,10-11H2,1-2H3. The molecule has 0 saturated carbocycles. The van der Waals surface area contributed by atoms with Gasteiger partial charge in [-0.1, -0.05) is 41.9 Å². The molecule has 0 aliphatic carbocycles. The third-order valence-corrected chi connectivity index (χ3v) is 4.90. The number of hydrogen-bond acceptors (Lipinski definition) is 3. The van der Waals surface area contributed by atoms with Crippen LogP contribution in [0.25, 0.3) is 0 Å². The molecule has 1 N–H and O–H groups in total. The maximum absolute atomic E-state index is 12.1. The second-order valence-corrected chi connectivity index (χ2v) is 7.19. The molecule has 118 valence electrons. The van der Waals surface area contributed by atoms with E-state index >= 15 is 0 Å². The van der Waals surface area contributed by atoms with Crippen LogP contribution in [0.15, 0.2) is 42.5 Å². The number of sulfonamides is 1. The number of aryl methyl sites for hydroxylation is 1. The van der Waals surface area contributed by atoms with Gasteiger partial charge in [0.15, 0.2) is 0 Å². The highest BCUT2D eigenvalue weighted by Gasteiger charge is 2.13. The fourth-order valence-corrected chi connectivity index (χ4v) is 3.55. The zero-order valence-electron chi connectivity index (χ0n) is 12.5. The lowest BCUT2D eigenvalue weighted by atomic mass is 10.1. The van der Waals surface area contributed by atoms with Crippen molar-refractivity contribution in [3.8, 4) is 5.75 Å². The Hall–Kier alpha value is -1.56. The van der Waals surface area contributed by atoms with Crippen LogP contribution >= 0.6 is 11.6 Å². The van der Waals surface area contributed by atoms with Crippen molar-refractivity contribution in [3.63, 3.8) is 0 Å². The largest absolute Gasteiger partial charge is 0.496 e. The van der Waals surface area contributed by atoms with Gasteiger partial charge in [0, 0.05) is 11.6 Å². The van der Waals surface area contributed by atoms with Crippen molar-refractivity contribution in [1.82, 2.24) is 4.72 Å². The van der Waals surface area contributed by atoms with Crippen molar-refractivity contribution in [2.75, 3.05) is 7.11 Å². The average molecular weight is 340 g/mol. The topological polar surface area (TPSA) is 55.4 Å². The van der Waals surface area contributed by atoms with E-state index < -0.39 is 10.0 Å². The second-order valence-electron chi connectivity index (χ2n) is 4.98. The highest BCUT2D eigenvalue weighted by atomic mass is 35.5. The fourth-order valence-electron chi connectivity index (χ4n) is 2.11. The van der Waals surface area contributed by atoms with Crippen LogP contribution in [0.4, 0.5) is 0 Å². The molecule has 0 heterocycles. The molecule has 0 unspecified atom stereocenters. The van der Waals surface area contributed by atoms with Crippen molar-refractivity contribution in [1.29, 1.82) is 0 Å². The second kappa shape index (κ2) is 7.13. The van der Waals surface area contributed by atoms with E-state index in [0.29, 0.717) is 10.6 Å². The molecule has 0 radical (unpaired) electrons. The van der Waals surface area contributed by atoms with Crippen LogP contribution < -0.4 is 9.46 Å². The van der Waals surface area contributed by atoms with E-state index in [-0.39, 0.29) is 12.3 Å². The Morgan fingerprint density at radius 3 is 2.55 bits per heavy atom. The van der Waals surface area contributed by atoms with Crippen molar-refractivity contribution in [2.24, 2.45) is 0 Å². The highest BCUT2D eigenvalue weighted by Crippen LogP contribution is 2.19. The highest BCUT2D eigenvalue weighted by molar-refractivity contribution is 7.88. The van der Waals surface area contributed by atoms with Gasteiger partial charge in [0.25, 0.3) is 0 Å². The first-order valence-electron chi connectivity index (χ1n) is 6.75. The Balaban J connectivity index is 2.04. The molecule has 2 aromatic carbocycles. The Labute approximate surface area is 136 Å². The lowest BCUT2D eigenvalue weighted by molar-refractivity contribution is 0.411. The van der Waals surface area contributed by atoms with Gasteiger partial charge in [0.05, 0.1) is 12.9 Å². The van der Waals surface area contributed by atoms with Gasteiger partial charge in [-0.15, -0.1) is 0 Å². The van der Waals surface area contributed by atoms with Gasteiger partial charge in [-0.3, -0.25) is 0 Å².